The lowest BCUT2D eigenvalue weighted by atomic mass is 10.3. The van der Waals surface area contributed by atoms with Crippen LogP contribution in [-0.4, -0.2) is 31.4 Å². The summed E-state index contributed by atoms with van der Waals surface area (Å²) in [6, 6.07) is 7.53. The van der Waals surface area contributed by atoms with Gasteiger partial charge in [0.25, 0.3) is 0 Å². The Morgan fingerprint density at radius 2 is 2.29 bits per heavy atom. The molecule has 2 rings (SSSR count). The van der Waals surface area contributed by atoms with E-state index >= 15 is 0 Å². The van der Waals surface area contributed by atoms with E-state index in [1.807, 2.05) is 29.3 Å². The van der Waals surface area contributed by atoms with Crippen molar-refractivity contribution in [1.82, 2.24) is 5.06 Å². The lowest BCUT2D eigenvalue weighted by Gasteiger charge is -2.25. The SMILES string of the molecule is Nc1cccc(OCCCN2CCCCO2)c1. The lowest BCUT2D eigenvalue weighted by molar-refractivity contribution is -0.181. The van der Waals surface area contributed by atoms with Gasteiger partial charge < -0.3 is 10.5 Å². The summed E-state index contributed by atoms with van der Waals surface area (Å²) in [5, 5.41) is 2.03. The lowest BCUT2D eigenvalue weighted by Crippen LogP contribution is -2.31. The Morgan fingerprint density at radius 1 is 1.35 bits per heavy atom. The normalized spacial score (nSPS) is 16.9. The molecule has 0 spiro atoms. The van der Waals surface area contributed by atoms with Crippen LogP contribution in [0.4, 0.5) is 5.69 Å². The fourth-order valence-electron chi connectivity index (χ4n) is 1.86. The predicted octanol–water partition coefficient (Wildman–Crippen LogP) is 2.07. The van der Waals surface area contributed by atoms with Gasteiger partial charge in [-0.1, -0.05) is 6.07 Å². The Bertz CT molecular complexity index is 338. The molecule has 0 unspecified atom stereocenters. The molecule has 0 bridgehead atoms. The van der Waals surface area contributed by atoms with Gasteiger partial charge in [0.05, 0.1) is 13.2 Å². The number of hydrogen-bond donors (Lipinski definition) is 1. The highest BCUT2D eigenvalue weighted by molar-refractivity contribution is 5.43. The van der Waals surface area contributed by atoms with Gasteiger partial charge in [0.2, 0.25) is 0 Å². The molecule has 17 heavy (non-hydrogen) atoms. The number of ether oxygens (including phenoxy) is 1. The van der Waals surface area contributed by atoms with Crippen molar-refractivity contribution in [2.75, 3.05) is 32.0 Å². The molecule has 0 aromatic heterocycles. The van der Waals surface area contributed by atoms with Crippen LogP contribution in [0.5, 0.6) is 5.75 Å². The van der Waals surface area contributed by atoms with Crippen molar-refractivity contribution >= 4 is 5.69 Å². The molecule has 0 aliphatic carbocycles. The zero-order valence-corrected chi connectivity index (χ0v) is 10.1. The summed E-state index contributed by atoms with van der Waals surface area (Å²) in [6.45, 7) is 3.53. The standard InChI is InChI=1S/C13H20N2O2/c14-12-5-3-6-13(11-12)16-9-4-8-15-7-1-2-10-17-15/h3,5-6,11H,1-2,4,7-10,14H2. The molecule has 4 heteroatoms. The van der Waals surface area contributed by atoms with Gasteiger partial charge in [-0.25, -0.2) is 0 Å². The number of rotatable bonds is 5. The maximum Gasteiger partial charge on any atom is 0.121 e. The number of nitrogens with zero attached hydrogens (tertiary/aromatic N) is 1. The molecule has 0 radical (unpaired) electrons. The molecule has 1 saturated heterocycles. The zero-order valence-electron chi connectivity index (χ0n) is 10.1. The summed E-state index contributed by atoms with van der Waals surface area (Å²) < 4.78 is 5.62. The van der Waals surface area contributed by atoms with Crippen molar-refractivity contribution < 1.29 is 9.57 Å². The summed E-state index contributed by atoms with van der Waals surface area (Å²) in [5.74, 6) is 0.838. The van der Waals surface area contributed by atoms with Gasteiger partial charge in [-0.3, -0.25) is 4.84 Å². The summed E-state index contributed by atoms with van der Waals surface area (Å²) in [4.78, 5) is 5.51. The first-order chi connectivity index (χ1) is 8.34. The zero-order chi connectivity index (χ0) is 11.9. The minimum Gasteiger partial charge on any atom is -0.493 e. The summed E-state index contributed by atoms with van der Waals surface area (Å²) in [5.41, 5.74) is 6.41. The average molecular weight is 236 g/mol. The largest absolute Gasteiger partial charge is 0.493 e. The monoisotopic (exact) mass is 236 g/mol. The molecule has 94 valence electrons. The van der Waals surface area contributed by atoms with Crippen LogP contribution in [0.2, 0.25) is 0 Å². The second-order valence-electron chi connectivity index (χ2n) is 4.24. The summed E-state index contributed by atoms with van der Waals surface area (Å²) in [7, 11) is 0. The first-order valence-electron chi connectivity index (χ1n) is 6.21. The summed E-state index contributed by atoms with van der Waals surface area (Å²) in [6.07, 6.45) is 3.38. The number of anilines is 1. The topological polar surface area (TPSA) is 47.7 Å². The minimum atomic E-state index is 0.698. The van der Waals surface area contributed by atoms with E-state index in [4.69, 9.17) is 15.3 Å². The molecular weight excluding hydrogens is 216 g/mol. The highest BCUT2D eigenvalue weighted by Gasteiger charge is 2.09. The first-order valence-corrected chi connectivity index (χ1v) is 6.21. The van der Waals surface area contributed by atoms with E-state index in [0.29, 0.717) is 6.61 Å². The van der Waals surface area contributed by atoms with Crippen LogP contribution in [0.25, 0.3) is 0 Å². The van der Waals surface area contributed by atoms with Crippen LogP contribution in [0.15, 0.2) is 24.3 Å². The van der Waals surface area contributed by atoms with Crippen LogP contribution in [0.3, 0.4) is 0 Å². The van der Waals surface area contributed by atoms with Crippen molar-refractivity contribution in [3.63, 3.8) is 0 Å². The Balaban J connectivity index is 1.62. The number of nitrogen functional groups attached to an aromatic ring is 1. The van der Waals surface area contributed by atoms with Crippen molar-refractivity contribution in [3.05, 3.63) is 24.3 Å². The van der Waals surface area contributed by atoms with Crippen LogP contribution >= 0.6 is 0 Å². The van der Waals surface area contributed by atoms with Crippen LogP contribution in [0.1, 0.15) is 19.3 Å². The molecule has 1 aromatic rings. The molecule has 1 fully saturated rings. The van der Waals surface area contributed by atoms with E-state index < -0.39 is 0 Å². The summed E-state index contributed by atoms with van der Waals surface area (Å²) >= 11 is 0. The number of hydroxylamine groups is 2. The molecule has 1 heterocycles. The Hall–Kier alpha value is -1.26. The maximum absolute atomic E-state index is 5.67. The van der Waals surface area contributed by atoms with Crippen molar-refractivity contribution in [2.24, 2.45) is 0 Å². The molecule has 1 aromatic carbocycles. The maximum atomic E-state index is 5.67. The Kier molecular flexibility index (Phi) is 4.64. The van der Waals surface area contributed by atoms with Gasteiger partial charge in [-0.15, -0.1) is 0 Å². The van der Waals surface area contributed by atoms with Gasteiger partial charge in [0.1, 0.15) is 5.75 Å². The minimum absolute atomic E-state index is 0.698. The average Bonchev–Trinajstić information content (AvgIpc) is 2.36. The third-order valence-corrected chi connectivity index (χ3v) is 2.75. The highest BCUT2D eigenvalue weighted by Crippen LogP contribution is 2.14. The molecule has 4 nitrogen and oxygen atoms in total. The second kappa shape index (κ2) is 6.47. The molecule has 2 N–H and O–H groups in total. The predicted molar refractivity (Wildman–Crippen MR) is 67.7 cm³/mol. The number of hydrogen-bond acceptors (Lipinski definition) is 4. The van der Waals surface area contributed by atoms with E-state index in [2.05, 4.69) is 0 Å². The highest BCUT2D eigenvalue weighted by atomic mass is 16.7. The fourth-order valence-corrected chi connectivity index (χ4v) is 1.86. The molecule has 1 aliphatic heterocycles. The number of benzene rings is 1. The number of nitrogens with two attached hydrogens (primary N) is 1. The van der Waals surface area contributed by atoms with Crippen molar-refractivity contribution in [2.45, 2.75) is 19.3 Å². The van der Waals surface area contributed by atoms with Gasteiger partial charge in [0.15, 0.2) is 0 Å². The van der Waals surface area contributed by atoms with Gasteiger partial charge in [0, 0.05) is 24.8 Å². The van der Waals surface area contributed by atoms with Crippen LogP contribution in [0, 0.1) is 0 Å². The fraction of sp³-hybridized carbons (Fsp3) is 0.538. The third-order valence-electron chi connectivity index (χ3n) is 2.75. The van der Waals surface area contributed by atoms with Gasteiger partial charge in [-0.2, -0.15) is 5.06 Å². The molecule has 1 aliphatic rings. The quantitative estimate of drug-likeness (QED) is 0.628. The van der Waals surface area contributed by atoms with E-state index in [1.54, 1.807) is 0 Å². The van der Waals surface area contributed by atoms with Gasteiger partial charge >= 0.3 is 0 Å². The molecule has 0 saturated carbocycles. The van der Waals surface area contributed by atoms with E-state index in [-0.39, 0.29) is 0 Å². The molecule has 0 atom stereocenters. The van der Waals surface area contributed by atoms with E-state index in [9.17, 15) is 0 Å². The van der Waals surface area contributed by atoms with Crippen LogP contribution < -0.4 is 10.5 Å². The first kappa shape index (κ1) is 12.2. The van der Waals surface area contributed by atoms with E-state index in [0.717, 1.165) is 37.6 Å². The molecule has 0 amide bonds. The molecular formula is C13H20N2O2. The van der Waals surface area contributed by atoms with Crippen molar-refractivity contribution in [1.29, 1.82) is 0 Å². The van der Waals surface area contributed by atoms with E-state index in [1.165, 1.54) is 12.8 Å². The Morgan fingerprint density at radius 3 is 3.06 bits per heavy atom. The van der Waals surface area contributed by atoms with Gasteiger partial charge in [-0.05, 0) is 31.4 Å². The smallest absolute Gasteiger partial charge is 0.121 e. The second-order valence-corrected chi connectivity index (χ2v) is 4.24. The third kappa shape index (κ3) is 4.24. The van der Waals surface area contributed by atoms with Crippen LogP contribution in [-0.2, 0) is 4.84 Å². The Labute approximate surface area is 102 Å². The van der Waals surface area contributed by atoms with Crippen molar-refractivity contribution in [3.8, 4) is 5.75 Å².